The lowest BCUT2D eigenvalue weighted by Crippen LogP contribution is -2.14. The molecule has 1 fully saturated rings. The topological polar surface area (TPSA) is 49.8 Å². The van der Waals surface area contributed by atoms with Crippen molar-refractivity contribution in [2.24, 2.45) is 5.92 Å². The monoisotopic (exact) mass is 234 g/mol. The Morgan fingerprint density at radius 2 is 2.06 bits per heavy atom. The number of anilines is 2. The SMILES string of the molecule is CCNc1ncc(C)c(NCC2CCCC2)n1. The van der Waals surface area contributed by atoms with Crippen molar-refractivity contribution in [3.8, 4) is 0 Å². The van der Waals surface area contributed by atoms with E-state index in [1.165, 1.54) is 25.7 Å². The molecule has 1 aliphatic carbocycles. The van der Waals surface area contributed by atoms with Crippen LogP contribution in [0.4, 0.5) is 11.8 Å². The first-order chi connectivity index (χ1) is 8.29. The fraction of sp³-hybridized carbons (Fsp3) is 0.692. The lowest BCUT2D eigenvalue weighted by Gasteiger charge is -2.13. The molecule has 0 saturated heterocycles. The van der Waals surface area contributed by atoms with Crippen molar-refractivity contribution in [2.75, 3.05) is 23.7 Å². The third-order valence-electron chi connectivity index (χ3n) is 3.34. The van der Waals surface area contributed by atoms with Crippen LogP contribution in [0.3, 0.4) is 0 Å². The Kier molecular flexibility index (Phi) is 4.18. The fourth-order valence-electron chi connectivity index (χ4n) is 2.32. The number of hydrogen-bond donors (Lipinski definition) is 2. The Hall–Kier alpha value is -1.32. The van der Waals surface area contributed by atoms with Crippen molar-refractivity contribution in [3.05, 3.63) is 11.8 Å². The van der Waals surface area contributed by atoms with E-state index in [-0.39, 0.29) is 0 Å². The first-order valence-corrected chi connectivity index (χ1v) is 6.61. The van der Waals surface area contributed by atoms with Crippen LogP contribution in [0.15, 0.2) is 6.20 Å². The number of nitrogens with zero attached hydrogens (tertiary/aromatic N) is 2. The quantitative estimate of drug-likeness (QED) is 0.822. The molecule has 0 unspecified atom stereocenters. The van der Waals surface area contributed by atoms with E-state index in [9.17, 15) is 0 Å². The minimum atomic E-state index is 0.715. The molecule has 1 aliphatic rings. The minimum Gasteiger partial charge on any atom is -0.369 e. The van der Waals surface area contributed by atoms with E-state index in [0.717, 1.165) is 30.4 Å². The summed E-state index contributed by atoms with van der Waals surface area (Å²) in [6, 6.07) is 0. The van der Waals surface area contributed by atoms with Crippen LogP contribution in [0.2, 0.25) is 0 Å². The molecular weight excluding hydrogens is 212 g/mol. The molecule has 2 rings (SSSR count). The minimum absolute atomic E-state index is 0.715. The Labute approximate surface area is 103 Å². The summed E-state index contributed by atoms with van der Waals surface area (Å²) in [7, 11) is 0. The Morgan fingerprint density at radius 1 is 1.29 bits per heavy atom. The zero-order valence-corrected chi connectivity index (χ0v) is 10.8. The molecule has 0 atom stereocenters. The number of rotatable bonds is 5. The highest BCUT2D eigenvalue weighted by molar-refractivity contribution is 5.46. The van der Waals surface area contributed by atoms with Crippen molar-refractivity contribution in [1.82, 2.24) is 9.97 Å². The zero-order chi connectivity index (χ0) is 12.1. The third kappa shape index (κ3) is 3.32. The summed E-state index contributed by atoms with van der Waals surface area (Å²) in [4.78, 5) is 8.74. The van der Waals surface area contributed by atoms with E-state index in [4.69, 9.17) is 0 Å². The maximum absolute atomic E-state index is 4.49. The highest BCUT2D eigenvalue weighted by Crippen LogP contribution is 2.25. The molecule has 0 spiro atoms. The van der Waals surface area contributed by atoms with E-state index < -0.39 is 0 Å². The molecule has 0 radical (unpaired) electrons. The van der Waals surface area contributed by atoms with Gasteiger partial charge in [-0.3, -0.25) is 0 Å². The lowest BCUT2D eigenvalue weighted by atomic mass is 10.1. The van der Waals surface area contributed by atoms with Gasteiger partial charge in [-0.1, -0.05) is 12.8 Å². The van der Waals surface area contributed by atoms with Crippen molar-refractivity contribution in [3.63, 3.8) is 0 Å². The van der Waals surface area contributed by atoms with Gasteiger partial charge in [0.2, 0.25) is 5.95 Å². The van der Waals surface area contributed by atoms with Gasteiger partial charge >= 0.3 is 0 Å². The first kappa shape index (κ1) is 12.1. The second kappa shape index (κ2) is 5.84. The summed E-state index contributed by atoms with van der Waals surface area (Å²) in [5.74, 6) is 2.52. The van der Waals surface area contributed by atoms with Crippen LogP contribution in [0.25, 0.3) is 0 Å². The van der Waals surface area contributed by atoms with Crippen molar-refractivity contribution in [1.29, 1.82) is 0 Å². The van der Waals surface area contributed by atoms with E-state index in [0.29, 0.717) is 5.95 Å². The Morgan fingerprint density at radius 3 is 2.76 bits per heavy atom. The number of aromatic nitrogens is 2. The molecule has 1 aromatic rings. The molecule has 94 valence electrons. The summed E-state index contributed by atoms with van der Waals surface area (Å²) in [6.45, 7) is 6.00. The molecule has 4 nitrogen and oxygen atoms in total. The van der Waals surface area contributed by atoms with Crippen LogP contribution in [0.1, 0.15) is 38.2 Å². The van der Waals surface area contributed by atoms with Gasteiger partial charge in [-0.15, -0.1) is 0 Å². The molecule has 0 aliphatic heterocycles. The molecule has 1 aromatic heterocycles. The fourth-order valence-corrected chi connectivity index (χ4v) is 2.32. The van der Waals surface area contributed by atoms with Crippen molar-refractivity contribution >= 4 is 11.8 Å². The highest BCUT2D eigenvalue weighted by atomic mass is 15.1. The lowest BCUT2D eigenvalue weighted by molar-refractivity contribution is 0.578. The molecule has 17 heavy (non-hydrogen) atoms. The molecular formula is C13H22N4. The first-order valence-electron chi connectivity index (χ1n) is 6.61. The van der Waals surface area contributed by atoms with E-state index in [1.807, 2.05) is 13.1 Å². The second-order valence-electron chi connectivity index (χ2n) is 4.79. The van der Waals surface area contributed by atoms with Gasteiger partial charge in [0.05, 0.1) is 0 Å². The van der Waals surface area contributed by atoms with Gasteiger partial charge in [0.25, 0.3) is 0 Å². The average molecular weight is 234 g/mol. The molecule has 1 saturated carbocycles. The normalized spacial score (nSPS) is 16.1. The van der Waals surface area contributed by atoms with E-state index >= 15 is 0 Å². The molecule has 0 aromatic carbocycles. The molecule has 1 heterocycles. The van der Waals surface area contributed by atoms with Gasteiger partial charge in [0.1, 0.15) is 5.82 Å². The largest absolute Gasteiger partial charge is 0.369 e. The van der Waals surface area contributed by atoms with Crippen LogP contribution in [0.5, 0.6) is 0 Å². The van der Waals surface area contributed by atoms with Gasteiger partial charge < -0.3 is 10.6 Å². The smallest absolute Gasteiger partial charge is 0.224 e. The standard InChI is InChI=1S/C13H22N4/c1-3-14-13-16-8-10(2)12(17-13)15-9-11-6-4-5-7-11/h8,11H,3-7,9H2,1-2H3,(H2,14,15,16,17). The van der Waals surface area contributed by atoms with Crippen LogP contribution < -0.4 is 10.6 Å². The molecule has 2 N–H and O–H groups in total. The van der Waals surface area contributed by atoms with Crippen molar-refractivity contribution in [2.45, 2.75) is 39.5 Å². The predicted molar refractivity (Wildman–Crippen MR) is 71.4 cm³/mol. The van der Waals surface area contributed by atoms with Crippen molar-refractivity contribution < 1.29 is 0 Å². The van der Waals surface area contributed by atoms with Gasteiger partial charge in [-0.2, -0.15) is 4.98 Å². The second-order valence-corrected chi connectivity index (χ2v) is 4.79. The van der Waals surface area contributed by atoms with Crippen LogP contribution in [-0.2, 0) is 0 Å². The van der Waals surface area contributed by atoms with Gasteiger partial charge in [0, 0.05) is 24.8 Å². The summed E-state index contributed by atoms with van der Waals surface area (Å²) in [6.07, 6.45) is 7.37. The predicted octanol–water partition coefficient (Wildman–Crippen LogP) is 2.82. The molecule has 0 amide bonds. The van der Waals surface area contributed by atoms with Crippen LogP contribution in [-0.4, -0.2) is 23.1 Å². The average Bonchev–Trinajstić information content (AvgIpc) is 2.83. The van der Waals surface area contributed by atoms with E-state index in [1.54, 1.807) is 0 Å². The molecule has 0 bridgehead atoms. The number of nitrogens with one attached hydrogen (secondary N) is 2. The van der Waals surface area contributed by atoms with Crippen LogP contribution in [0, 0.1) is 12.8 Å². The van der Waals surface area contributed by atoms with Crippen LogP contribution >= 0.6 is 0 Å². The summed E-state index contributed by atoms with van der Waals surface area (Å²) < 4.78 is 0. The maximum atomic E-state index is 4.49. The van der Waals surface area contributed by atoms with Gasteiger partial charge in [-0.05, 0) is 32.6 Å². The summed E-state index contributed by atoms with van der Waals surface area (Å²) in [5, 5.41) is 6.60. The Bertz CT molecular complexity index is 358. The van der Waals surface area contributed by atoms with E-state index in [2.05, 4.69) is 27.5 Å². The third-order valence-corrected chi connectivity index (χ3v) is 3.34. The Balaban J connectivity index is 1.95. The summed E-state index contributed by atoms with van der Waals surface area (Å²) >= 11 is 0. The van der Waals surface area contributed by atoms with Gasteiger partial charge in [0.15, 0.2) is 0 Å². The number of hydrogen-bond acceptors (Lipinski definition) is 4. The molecule has 4 heteroatoms. The zero-order valence-electron chi connectivity index (χ0n) is 10.8. The maximum Gasteiger partial charge on any atom is 0.224 e. The summed E-state index contributed by atoms with van der Waals surface area (Å²) in [5.41, 5.74) is 1.12. The number of aryl methyl sites for hydroxylation is 1. The van der Waals surface area contributed by atoms with Gasteiger partial charge in [-0.25, -0.2) is 4.98 Å². The highest BCUT2D eigenvalue weighted by Gasteiger charge is 2.15.